The summed E-state index contributed by atoms with van der Waals surface area (Å²) in [6.07, 6.45) is 0. The molecule has 2 aromatic carbocycles. The Morgan fingerprint density at radius 2 is 1.72 bits per heavy atom. The van der Waals surface area contributed by atoms with Gasteiger partial charge >= 0.3 is 0 Å². The lowest BCUT2D eigenvalue weighted by atomic mass is 10.1. The van der Waals surface area contributed by atoms with Gasteiger partial charge in [-0.15, -0.1) is 0 Å². The van der Waals surface area contributed by atoms with Crippen LogP contribution in [0.5, 0.6) is 5.75 Å². The van der Waals surface area contributed by atoms with E-state index in [9.17, 15) is 0 Å². The maximum Gasteiger partial charge on any atom is 0.119 e. The van der Waals surface area contributed by atoms with E-state index in [4.69, 9.17) is 16.3 Å². The molecule has 0 bridgehead atoms. The first-order valence-electron chi connectivity index (χ1n) is 5.94. The number of benzene rings is 2. The fourth-order valence-electron chi connectivity index (χ4n) is 2.17. The molecule has 3 rings (SSSR count). The van der Waals surface area contributed by atoms with Crippen LogP contribution in [-0.2, 0) is 0 Å². The van der Waals surface area contributed by atoms with Crippen LogP contribution in [0.15, 0.2) is 48.5 Å². The number of rotatable bonds is 3. The van der Waals surface area contributed by atoms with Gasteiger partial charge in [-0.05, 0) is 42.0 Å². The van der Waals surface area contributed by atoms with Gasteiger partial charge in [-0.25, -0.2) is 0 Å². The minimum Gasteiger partial charge on any atom is -0.497 e. The number of hydrogen-bond donors (Lipinski definition) is 0. The van der Waals surface area contributed by atoms with Crippen LogP contribution in [0.25, 0.3) is 0 Å². The van der Waals surface area contributed by atoms with Crippen LogP contribution in [0, 0.1) is 0 Å². The minimum absolute atomic E-state index is 0.482. The SMILES string of the molecule is COc1ccc(N2C[C@@H]2c2ccc(Cl)cc2)cc1. The lowest BCUT2D eigenvalue weighted by Crippen LogP contribution is -1.94. The molecule has 1 aliphatic heterocycles. The molecule has 0 spiro atoms. The smallest absolute Gasteiger partial charge is 0.119 e. The fourth-order valence-corrected chi connectivity index (χ4v) is 2.29. The second-order valence-corrected chi connectivity index (χ2v) is 4.85. The van der Waals surface area contributed by atoms with E-state index in [0.29, 0.717) is 6.04 Å². The third-order valence-electron chi connectivity index (χ3n) is 3.27. The number of anilines is 1. The molecule has 1 heterocycles. The first-order valence-corrected chi connectivity index (χ1v) is 6.32. The Hall–Kier alpha value is -1.67. The van der Waals surface area contributed by atoms with Crippen LogP contribution in [0.1, 0.15) is 11.6 Å². The molecule has 1 saturated heterocycles. The van der Waals surface area contributed by atoms with Crippen molar-refractivity contribution in [1.29, 1.82) is 0 Å². The van der Waals surface area contributed by atoms with Gasteiger partial charge in [-0.3, -0.25) is 0 Å². The lowest BCUT2D eigenvalue weighted by Gasteiger charge is -2.07. The number of halogens is 1. The summed E-state index contributed by atoms with van der Waals surface area (Å²) in [4.78, 5) is 2.35. The van der Waals surface area contributed by atoms with Crippen molar-refractivity contribution in [2.45, 2.75) is 6.04 Å². The van der Waals surface area contributed by atoms with E-state index in [1.165, 1.54) is 11.3 Å². The number of nitrogens with zero attached hydrogens (tertiary/aromatic N) is 1. The van der Waals surface area contributed by atoms with Crippen LogP contribution in [0.2, 0.25) is 5.02 Å². The maximum absolute atomic E-state index is 5.90. The standard InChI is InChI=1S/C15H14ClNO/c1-18-14-8-6-13(7-9-14)17-10-15(17)11-2-4-12(16)5-3-11/h2-9,15H,10H2,1H3/t15-,17?/m1/s1. The van der Waals surface area contributed by atoms with Gasteiger partial charge in [-0.1, -0.05) is 23.7 Å². The summed E-state index contributed by atoms with van der Waals surface area (Å²) < 4.78 is 5.16. The molecule has 0 aliphatic carbocycles. The predicted molar refractivity (Wildman–Crippen MR) is 74.5 cm³/mol. The minimum atomic E-state index is 0.482. The molecular formula is C15H14ClNO. The molecule has 1 atom stereocenters. The normalized spacial score (nSPS) is 17.7. The van der Waals surface area contributed by atoms with Gasteiger partial charge < -0.3 is 9.64 Å². The van der Waals surface area contributed by atoms with E-state index in [1.807, 2.05) is 24.3 Å². The number of hydrogen-bond acceptors (Lipinski definition) is 2. The van der Waals surface area contributed by atoms with E-state index in [2.05, 4.69) is 29.2 Å². The van der Waals surface area contributed by atoms with Crippen molar-refractivity contribution >= 4 is 17.3 Å². The largest absolute Gasteiger partial charge is 0.497 e. The highest BCUT2D eigenvalue weighted by molar-refractivity contribution is 6.30. The topological polar surface area (TPSA) is 12.2 Å². The highest BCUT2D eigenvalue weighted by Crippen LogP contribution is 2.40. The average Bonchev–Trinajstić information content (AvgIpc) is 3.20. The van der Waals surface area contributed by atoms with Gasteiger partial charge in [0.1, 0.15) is 5.75 Å². The quantitative estimate of drug-likeness (QED) is 0.775. The molecule has 0 aromatic heterocycles. The number of ether oxygens (including phenoxy) is 1. The molecule has 0 radical (unpaired) electrons. The van der Waals surface area contributed by atoms with Crippen LogP contribution < -0.4 is 9.64 Å². The van der Waals surface area contributed by atoms with Gasteiger partial charge in [-0.2, -0.15) is 0 Å². The van der Waals surface area contributed by atoms with Crippen LogP contribution >= 0.6 is 11.6 Å². The van der Waals surface area contributed by atoms with Crippen molar-refractivity contribution in [3.8, 4) is 5.75 Å². The third kappa shape index (κ3) is 2.16. The van der Waals surface area contributed by atoms with Crippen LogP contribution in [-0.4, -0.2) is 13.7 Å². The molecule has 3 heteroatoms. The zero-order valence-electron chi connectivity index (χ0n) is 10.1. The van der Waals surface area contributed by atoms with Crippen LogP contribution in [0.4, 0.5) is 5.69 Å². The first kappa shape index (κ1) is 11.4. The van der Waals surface area contributed by atoms with Crippen molar-refractivity contribution in [2.75, 3.05) is 18.6 Å². The molecule has 0 saturated carbocycles. The van der Waals surface area contributed by atoms with Gasteiger partial charge in [0.15, 0.2) is 0 Å². The van der Waals surface area contributed by atoms with Crippen molar-refractivity contribution in [3.63, 3.8) is 0 Å². The van der Waals surface area contributed by atoms with E-state index in [-0.39, 0.29) is 0 Å². The van der Waals surface area contributed by atoms with Gasteiger partial charge in [0.05, 0.1) is 13.2 Å². The van der Waals surface area contributed by atoms with Gasteiger partial charge in [0.2, 0.25) is 0 Å². The second kappa shape index (κ2) is 4.54. The molecule has 92 valence electrons. The van der Waals surface area contributed by atoms with Crippen LogP contribution in [0.3, 0.4) is 0 Å². The highest BCUT2D eigenvalue weighted by Gasteiger charge is 2.35. The summed E-state index contributed by atoms with van der Waals surface area (Å²) in [7, 11) is 1.68. The molecule has 1 fully saturated rings. The van der Waals surface area contributed by atoms with E-state index in [0.717, 1.165) is 17.3 Å². The molecule has 0 N–H and O–H groups in total. The Kier molecular flexibility index (Phi) is 2.88. The predicted octanol–water partition coefficient (Wildman–Crippen LogP) is 3.91. The first-order chi connectivity index (χ1) is 8.78. The van der Waals surface area contributed by atoms with Crippen molar-refractivity contribution < 1.29 is 4.74 Å². The third-order valence-corrected chi connectivity index (χ3v) is 3.52. The molecule has 1 aliphatic rings. The summed E-state index contributed by atoms with van der Waals surface area (Å²) in [5, 5.41) is 0.787. The van der Waals surface area contributed by atoms with Gasteiger partial charge in [0, 0.05) is 17.3 Å². The zero-order valence-corrected chi connectivity index (χ0v) is 10.9. The summed E-state index contributed by atoms with van der Waals surface area (Å²) in [5.74, 6) is 0.892. The maximum atomic E-state index is 5.90. The Morgan fingerprint density at radius 3 is 2.33 bits per heavy atom. The second-order valence-electron chi connectivity index (χ2n) is 4.42. The lowest BCUT2D eigenvalue weighted by molar-refractivity contribution is 0.415. The average molecular weight is 260 g/mol. The summed E-state index contributed by atoms with van der Waals surface area (Å²) in [6.45, 7) is 1.06. The fraction of sp³-hybridized carbons (Fsp3) is 0.200. The van der Waals surface area contributed by atoms with Crippen molar-refractivity contribution in [2.24, 2.45) is 0 Å². The monoisotopic (exact) mass is 259 g/mol. The van der Waals surface area contributed by atoms with Gasteiger partial charge in [0.25, 0.3) is 0 Å². The molecular weight excluding hydrogens is 246 g/mol. The van der Waals surface area contributed by atoms with Crippen molar-refractivity contribution in [1.82, 2.24) is 0 Å². The Labute approximate surface area is 112 Å². The molecule has 18 heavy (non-hydrogen) atoms. The summed E-state index contributed by atoms with van der Waals surface area (Å²) in [5.41, 5.74) is 2.55. The summed E-state index contributed by atoms with van der Waals surface area (Å²) >= 11 is 5.90. The molecule has 2 nitrogen and oxygen atoms in total. The molecule has 2 aromatic rings. The van der Waals surface area contributed by atoms with E-state index in [1.54, 1.807) is 7.11 Å². The van der Waals surface area contributed by atoms with E-state index >= 15 is 0 Å². The molecule has 0 unspecified atom stereocenters. The highest BCUT2D eigenvalue weighted by atomic mass is 35.5. The Morgan fingerprint density at radius 1 is 1.06 bits per heavy atom. The Bertz CT molecular complexity index is 535. The van der Waals surface area contributed by atoms with E-state index < -0.39 is 0 Å². The Balaban J connectivity index is 1.74. The zero-order chi connectivity index (χ0) is 12.5. The molecule has 0 amide bonds. The van der Waals surface area contributed by atoms with Crippen molar-refractivity contribution in [3.05, 3.63) is 59.1 Å². The summed E-state index contributed by atoms with van der Waals surface area (Å²) in [6, 6.07) is 16.7. The number of methoxy groups -OCH3 is 1.